The Hall–Kier alpha value is -2.90. The minimum absolute atomic E-state index is 0.0289. The number of nitrogens with zero attached hydrogens (tertiary/aromatic N) is 3. The number of pyridine rings is 1. The van der Waals surface area contributed by atoms with Crippen LogP contribution in [0.25, 0.3) is 27.3 Å². The molecule has 0 saturated carbocycles. The normalized spacial score (nSPS) is 12.4. The van der Waals surface area contributed by atoms with Crippen LogP contribution in [-0.4, -0.2) is 45.4 Å². The molecule has 0 fully saturated rings. The fourth-order valence-electron chi connectivity index (χ4n) is 3.65. The zero-order valence-electron chi connectivity index (χ0n) is 15.4. The van der Waals surface area contributed by atoms with Gasteiger partial charge >= 0.3 is 0 Å². The SMILES string of the molecule is CC[N+](O)(CC)CCNc1ccc2ncn3c4ccc([O-])cc4c(=O)c1c23. The monoisotopic (exact) mass is 366 g/mol. The Labute approximate surface area is 156 Å². The number of hydroxylamine groups is 3. The molecule has 0 saturated heterocycles. The van der Waals surface area contributed by atoms with Crippen molar-refractivity contribution < 1.29 is 15.0 Å². The molecule has 0 bridgehead atoms. The highest BCUT2D eigenvalue weighted by Gasteiger charge is 2.21. The summed E-state index contributed by atoms with van der Waals surface area (Å²) in [6.45, 7) is 6.17. The summed E-state index contributed by atoms with van der Waals surface area (Å²) in [5.41, 5.74) is 2.66. The van der Waals surface area contributed by atoms with Gasteiger partial charge in [-0.25, -0.2) is 10.2 Å². The number of likely N-dealkylation sites (N-methyl/N-ethyl adjacent to an activating group) is 1. The van der Waals surface area contributed by atoms with Gasteiger partial charge in [-0.1, -0.05) is 12.1 Å². The Morgan fingerprint density at radius 2 is 2.00 bits per heavy atom. The van der Waals surface area contributed by atoms with Gasteiger partial charge in [0.25, 0.3) is 0 Å². The van der Waals surface area contributed by atoms with Crippen LogP contribution < -0.4 is 15.9 Å². The van der Waals surface area contributed by atoms with Crippen LogP contribution in [0.2, 0.25) is 0 Å². The lowest BCUT2D eigenvalue weighted by Crippen LogP contribution is -2.47. The van der Waals surface area contributed by atoms with Crippen LogP contribution in [0, 0.1) is 0 Å². The predicted octanol–water partition coefficient (Wildman–Crippen LogP) is 2.17. The van der Waals surface area contributed by atoms with E-state index in [4.69, 9.17) is 0 Å². The maximum atomic E-state index is 13.2. The van der Waals surface area contributed by atoms with E-state index < -0.39 is 0 Å². The summed E-state index contributed by atoms with van der Waals surface area (Å²) in [6.07, 6.45) is 1.68. The summed E-state index contributed by atoms with van der Waals surface area (Å²) in [6, 6.07) is 8.22. The van der Waals surface area contributed by atoms with Crippen molar-refractivity contribution in [3.8, 4) is 5.75 Å². The van der Waals surface area contributed by atoms with Crippen molar-refractivity contribution >= 4 is 33.0 Å². The van der Waals surface area contributed by atoms with E-state index in [0.717, 1.165) is 11.0 Å². The molecule has 2 N–H and O–H groups in total. The van der Waals surface area contributed by atoms with Crippen LogP contribution in [0.4, 0.5) is 5.69 Å². The smallest absolute Gasteiger partial charge is 0.199 e. The number of benzene rings is 2. The van der Waals surface area contributed by atoms with Crippen molar-refractivity contribution in [2.24, 2.45) is 0 Å². The van der Waals surface area contributed by atoms with E-state index in [1.165, 1.54) is 12.1 Å². The van der Waals surface area contributed by atoms with Crippen molar-refractivity contribution in [2.45, 2.75) is 13.8 Å². The van der Waals surface area contributed by atoms with Gasteiger partial charge in [-0.15, -0.1) is 5.75 Å². The van der Waals surface area contributed by atoms with Gasteiger partial charge in [0.2, 0.25) is 0 Å². The third-order valence-corrected chi connectivity index (χ3v) is 5.43. The number of aromatic nitrogens is 2. The van der Waals surface area contributed by atoms with Crippen LogP contribution in [0.5, 0.6) is 5.75 Å². The molecule has 0 spiro atoms. The highest BCUT2D eigenvalue weighted by Crippen LogP contribution is 2.29. The Morgan fingerprint density at radius 3 is 2.74 bits per heavy atom. The zero-order valence-corrected chi connectivity index (χ0v) is 15.4. The van der Waals surface area contributed by atoms with Crippen molar-refractivity contribution in [1.82, 2.24) is 9.38 Å². The second-order valence-corrected chi connectivity index (χ2v) is 6.86. The average molecular weight is 366 g/mol. The summed E-state index contributed by atoms with van der Waals surface area (Å²) in [5.74, 6) is -0.194. The van der Waals surface area contributed by atoms with Gasteiger partial charge in [0, 0.05) is 11.1 Å². The molecule has 0 aliphatic heterocycles. The van der Waals surface area contributed by atoms with Crippen LogP contribution in [0.3, 0.4) is 0 Å². The van der Waals surface area contributed by atoms with Crippen LogP contribution in [0.1, 0.15) is 13.8 Å². The molecule has 7 nitrogen and oxygen atoms in total. The minimum Gasteiger partial charge on any atom is -0.872 e. The second kappa shape index (κ2) is 6.37. The van der Waals surface area contributed by atoms with Gasteiger partial charge in [-0.2, -0.15) is 4.65 Å². The van der Waals surface area contributed by atoms with Gasteiger partial charge in [0.05, 0.1) is 28.5 Å². The van der Waals surface area contributed by atoms with E-state index in [1.54, 1.807) is 12.4 Å². The Balaban J connectivity index is 1.85. The van der Waals surface area contributed by atoms with Gasteiger partial charge in [0.1, 0.15) is 26.0 Å². The molecule has 2 aromatic carbocycles. The molecule has 0 unspecified atom stereocenters. The molecule has 0 aliphatic rings. The highest BCUT2D eigenvalue weighted by atomic mass is 16.5. The molecule has 0 aliphatic carbocycles. The maximum Gasteiger partial charge on any atom is 0.199 e. The standard InChI is InChI=1S/C20H22N4O3/c1-3-24(27,4-2)10-9-21-15-6-7-16-19-18(15)20(26)14-11-13(25)5-8-17(14)23(19)12-22-16/h5-8,11-12,27H,3-4,9-10H2,1-2H3,(H-,21,25,26). The summed E-state index contributed by atoms with van der Waals surface area (Å²) >= 11 is 0. The summed E-state index contributed by atoms with van der Waals surface area (Å²) in [4.78, 5) is 17.6. The molecule has 0 radical (unpaired) electrons. The summed E-state index contributed by atoms with van der Waals surface area (Å²) in [5, 5.41) is 26.4. The molecule has 4 rings (SSSR count). The number of fused-ring (bicyclic) bond motifs is 2. The highest BCUT2D eigenvalue weighted by molar-refractivity contribution is 6.07. The van der Waals surface area contributed by atoms with Gasteiger partial charge < -0.3 is 10.4 Å². The zero-order chi connectivity index (χ0) is 19.2. The number of quaternary nitrogens is 1. The number of imidazole rings is 1. The first-order valence-corrected chi connectivity index (χ1v) is 9.16. The first kappa shape index (κ1) is 17.5. The number of nitrogens with one attached hydrogen (secondary N) is 1. The van der Waals surface area contributed by atoms with Gasteiger partial charge in [-0.3, -0.25) is 9.20 Å². The lowest BCUT2D eigenvalue weighted by molar-refractivity contribution is -1.10. The lowest BCUT2D eigenvalue weighted by Gasteiger charge is -2.27. The summed E-state index contributed by atoms with van der Waals surface area (Å²) < 4.78 is 1.83. The molecule has 0 atom stereocenters. The quantitative estimate of drug-likeness (QED) is 0.310. The van der Waals surface area contributed by atoms with E-state index in [-0.39, 0.29) is 15.8 Å². The van der Waals surface area contributed by atoms with Crippen molar-refractivity contribution in [2.75, 3.05) is 31.5 Å². The fourth-order valence-corrected chi connectivity index (χ4v) is 3.65. The van der Waals surface area contributed by atoms with E-state index in [0.29, 0.717) is 48.2 Å². The van der Waals surface area contributed by atoms with E-state index in [9.17, 15) is 15.1 Å². The van der Waals surface area contributed by atoms with E-state index in [2.05, 4.69) is 10.3 Å². The Bertz CT molecular complexity index is 1180. The molecule has 27 heavy (non-hydrogen) atoms. The number of anilines is 1. The molecule has 2 aromatic heterocycles. The molecule has 4 aromatic rings. The molecule has 0 amide bonds. The first-order valence-electron chi connectivity index (χ1n) is 9.16. The molecule has 140 valence electrons. The summed E-state index contributed by atoms with van der Waals surface area (Å²) in [7, 11) is 0. The van der Waals surface area contributed by atoms with Crippen LogP contribution in [-0.2, 0) is 0 Å². The van der Waals surface area contributed by atoms with Crippen molar-refractivity contribution in [3.63, 3.8) is 0 Å². The third kappa shape index (κ3) is 2.75. The van der Waals surface area contributed by atoms with Crippen LogP contribution >= 0.6 is 0 Å². The van der Waals surface area contributed by atoms with Crippen molar-refractivity contribution in [3.05, 3.63) is 46.9 Å². The van der Waals surface area contributed by atoms with Gasteiger partial charge in [-0.05, 0) is 32.0 Å². The maximum absolute atomic E-state index is 13.2. The molecular weight excluding hydrogens is 344 g/mol. The van der Waals surface area contributed by atoms with Crippen LogP contribution in [0.15, 0.2) is 41.5 Å². The fraction of sp³-hybridized carbons (Fsp3) is 0.300. The number of rotatable bonds is 6. The van der Waals surface area contributed by atoms with Gasteiger partial charge in [0.15, 0.2) is 5.43 Å². The van der Waals surface area contributed by atoms with Crippen molar-refractivity contribution in [1.29, 1.82) is 0 Å². The number of hydrogen-bond donors (Lipinski definition) is 2. The third-order valence-electron chi connectivity index (χ3n) is 5.43. The lowest BCUT2D eigenvalue weighted by atomic mass is 10.1. The van der Waals surface area contributed by atoms with E-state index >= 15 is 0 Å². The molecule has 2 heterocycles. The Morgan fingerprint density at radius 1 is 1.22 bits per heavy atom. The number of hydrogen-bond acceptors (Lipinski definition) is 5. The van der Waals surface area contributed by atoms with E-state index in [1.807, 2.05) is 30.4 Å². The second-order valence-electron chi connectivity index (χ2n) is 6.86. The molecule has 7 heteroatoms. The first-order chi connectivity index (χ1) is 13.0. The molecular formula is C20H22N4O3. The topological polar surface area (TPSA) is 89.7 Å². The minimum atomic E-state index is -0.194. The largest absolute Gasteiger partial charge is 0.872 e. The predicted molar refractivity (Wildman–Crippen MR) is 104 cm³/mol. The Kier molecular flexibility index (Phi) is 4.13. The average Bonchev–Trinajstić information content (AvgIpc) is 3.11.